The van der Waals surface area contributed by atoms with Gasteiger partial charge in [0.1, 0.15) is 0 Å². The lowest BCUT2D eigenvalue weighted by Gasteiger charge is -2.29. The van der Waals surface area contributed by atoms with Gasteiger partial charge in [-0.3, -0.25) is 4.72 Å². The van der Waals surface area contributed by atoms with Gasteiger partial charge in [0.15, 0.2) is 0 Å². The molecule has 2 aromatic carbocycles. The number of anilines is 2. The number of nitrogens with zero attached hydrogens (tertiary/aromatic N) is 2. The Balaban J connectivity index is 1.80. The van der Waals surface area contributed by atoms with Crippen molar-refractivity contribution in [3.8, 4) is 6.07 Å². The van der Waals surface area contributed by atoms with Gasteiger partial charge >= 0.3 is 0 Å². The van der Waals surface area contributed by atoms with E-state index in [9.17, 15) is 8.42 Å². The molecule has 0 bridgehead atoms. The Labute approximate surface area is 152 Å². The van der Waals surface area contributed by atoms with Crippen molar-refractivity contribution in [2.24, 2.45) is 0 Å². The molecule has 0 atom stereocenters. The van der Waals surface area contributed by atoms with Crippen LogP contribution in [0.5, 0.6) is 0 Å². The Kier molecular flexibility index (Phi) is 5.21. The van der Waals surface area contributed by atoms with Crippen LogP contribution in [0, 0.1) is 18.3 Å². The Bertz CT molecular complexity index is 897. The highest BCUT2D eigenvalue weighted by Crippen LogP contribution is 2.26. The monoisotopic (exact) mass is 373 g/mol. The second kappa shape index (κ2) is 7.38. The lowest BCUT2D eigenvalue weighted by molar-refractivity contribution is 0.601. The van der Waals surface area contributed by atoms with Gasteiger partial charge in [-0.15, -0.1) is 0 Å². The van der Waals surface area contributed by atoms with Crippen molar-refractivity contribution >= 4 is 33.2 Å². The van der Waals surface area contributed by atoms with Crippen molar-refractivity contribution in [2.75, 3.05) is 34.2 Å². The van der Waals surface area contributed by atoms with Gasteiger partial charge in [-0.05, 0) is 55.0 Å². The third kappa shape index (κ3) is 4.09. The fraction of sp³-hybridized carbons (Fsp3) is 0.278. The average molecular weight is 374 g/mol. The third-order valence-corrected chi connectivity index (χ3v) is 6.45. The smallest absolute Gasteiger partial charge is 0.261 e. The third-order valence-electron chi connectivity index (χ3n) is 4.12. The van der Waals surface area contributed by atoms with Crippen LogP contribution in [-0.2, 0) is 10.0 Å². The van der Waals surface area contributed by atoms with Crippen LogP contribution >= 0.6 is 11.8 Å². The first kappa shape index (κ1) is 17.6. The first-order chi connectivity index (χ1) is 12.0. The predicted octanol–water partition coefficient (Wildman–Crippen LogP) is 3.22. The summed E-state index contributed by atoms with van der Waals surface area (Å²) in [7, 11) is -3.67. The quantitative estimate of drug-likeness (QED) is 0.891. The molecule has 0 radical (unpaired) electrons. The van der Waals surface area contributed by atoms with E-state index in [1.165, 1.54) is 24.3 Å². The van der Waals surface area contributed by atoms with E-state index in [2.05, 4.69) is 9.62 Å². The topological polar surface area (TPSA) is 73.2 Å². The molecule has 0 aliphatic carbocycles. The Hall–Kier alpha value is -2.17. The van der Waals surface area contributed by atoms with E-state index < -0.39 is 10.0 Å². The molecular formula is C18H19N3O2S2. The number of sulfonamides is 1. The fourth-order valence-corrected chi connectivity index (χ4v) is 4.73. The minimum atomic E-state index is -3.67. The largest absolute Gasteiger partial charge is 0.370 e. The Morgan fingerprint density at radius 1 is 1.12 bits per heavy atom. The van der Waals surface area contributed by atoms with Crippen molar-refractivity contribution < 1.29 is 8.42 Å². The summed E-state index contributed by atoms with van der Waals surface area (Å²) in [6.07, 6.45) is 0. The molecule has 130 valence electrons. The van der Waals surface area contributed by atoms with Crippen LogP contribution in [0.15, 0.2) is 47.4 Å². The molecule has 0 spiro atoms. The first-order valence-electron chi connectivity index (χ1n) is 7.96. The minimum Gasteiger partial charge on any atom is -0.370 e. The van der Waals surface area contributed by atoms with Gasteiger partial charge in [-0.25, -0.2) is 8.42 Å². The molecule has 1 fully saturated rings. The van der Waals surface area contributed by atoms with E-state index in [-0.39, 0.29) is 4.90 Å². The molecule has 0 amide bonds. The molecule has 5 nitrogen and oxygen atoms in total. The molecule has 3 rings (SSSR count). The van der Waals surface area contributed by atoms with Crippen molar-refractivity contribution in [3.05, 3.63) is 53.6 Å². The number of benzene rings is 2. The van der Waals surface area contributed by atoms with Crippen LogP contribution in [-0.4, -0.2) is 33.0 Å². The Morgan fingerprint density at radius 3 is 2.40 bits per heavy atom. The molecule has 25 heavy (non-hydrogen) atoms. The zero-order valence-electron chi connectivity index (χ0n) is 13.9. The molecule has 2 aromatic rings. The lowest BCUT2D eigenvalue weighted by Crippen LogP contribution is -2.32. The van der Waals surface area contributed by atoms with Gasteiger partial charge in [0.25, 0.3) is 10.0 Å². The van der Waals surface area contributed by atoms with Gasteiger partial charge in [0.2, 0.25) is 0 Å². The summed E-state index contributed by atoms with van der Waals surface area (Å²) >= 11 is 1.96. The van der Waals surface area contributed by atoms with E-state index >= 15 is 0 Å². The summed E-state index contributed by atoms with van der Waals surface area (Å²) in [5, 5.41) is 8.82. The molecule has 0 saturated carbocycles. The van der Waals surface area contributed by atoms with Crippen LogP contribution in [0.25, 0.3) is 0 Å². The van der Waals surface area contributed by atoms with Gasteiger partial charge in [0, 0.05) is 30.3 Å². The summed E-state index contributed by atoms with van der Waals surface area (Å²) in [5.41, 5.74) is 3.01. The maximum Gasteiger partial charge on any atom is 0.261 e. The number of hydrogen-bond donors (Lipinski definition) is 1. The molecule has 1 heterocycles. The second-order valence-electron chi connectivity index (χ2n) is 5.84. The number of thioether (sulfide) groups is 1. The molecule has 1 aliphatic heterocycles. The highest BCUT2D eigenvalue weighted by Gasteiger charge is 2.17. The average Bonchev–Trinajstić information content (AvgIpc) is 2.64. The van der Waals surface area contributed by atoms with E-state index in [4.69, 9.17) is 5.26 Å². The minimum absolute atomic E-state index is 0.142. The van der Waals surface area contributed by atoms with Gasteiger partial charge in [-0.2, -0.15) is 17.0 Å². The molecule has 1 aliphatic rings. The summed E-state index contributed by atoms with van der Waals surface area (Å²) in [4.78, 5) is 2.46. The van der Waals surface area contributed by atoms with Crippen LogP contribution in [0.1, 0.15) is 11.1 Å². The molecular weight excluding hydrogens is 354 g/mol. The highest BCUT2D eigenvalue weighted by molar-refractivity contribution is 7.99. The number of hydrogen-bond acceptors (Lipinski definition) is 5. The fourth-order valence-electron chi connectivity index (χ4n) is 2.69. The standard InChI is InChI=1S/C18H19N3O2S2/c1-14-12-16(21-8-10-24-11-9-21)4-7-18(14)20-25(22,23)17-5-2-15(13-19)3-6-17/h2-7,12,20H,8-11H2,1H3. The second-order valence-corrected chi connectivity index (χ2v) is 8.75. The molecule has 7 heteroatoms. The normalized spacial score (nSPS) is 14.8. The van der Waals surface area contributed by atoms with Crippen molar-refractivity contribution in [1.82, 2.24) is 0 Å². The zero-order valence-corrected chi connectivity index (χ0v) is 15.5. The van der Waals surface area contributed by atoms with Gasteiger partial charge < -0.3 is 4.90 Å². The maximum absolute atomic E-state index is 12.5. The predicted molar refractivity (Wildman–Crippen MR) is 103 cm³/mol. The summed E-state index contributed by atoms with van der Waals surface area (Å²) in [6, 6.07) is 13.7. The number of aryl methyl sites for hydroxylation is 1. The zero-order chi connectivity index (χ0) is 17.9. The van der Waals surface area contributed by atoms with Gasteiger partial charge in [-0.1, -0.05) is 0 Å². The summed E-state index contributed by atoms with van der Waals surface area (Å²) < 4.78 is 27.7. The van der Waals surface area contributed by atoms with Crippen LogP contribution < -0.4 is 9.62 Å². The van der Waals surface area contributed by atoms with Crippen molar-refractivity contribution in [2.45, 2.75) is 11.8 Å². The van der Waals surface area contributed by atoms with Crippen LogP contribution in [0.2, 0.25) is 0 Å². The molecule has 1 N–H and O–H groups in total. The SMILES string of the molecule is Cc1cc(N2CCSCC2)ccc1NS(=O)(=O)c1ccc(C#N)cc1. The lowest BCUT2D eigenvalue weighted by atomic mass is 10.1. The first-order valence-corrected chi connectivity index (χ1v) is 10.6. The van der Waals surface area contributed by atoms with Crippen LogP contribution in [0.4, 0.5) is 11.4 Å². The molecule has 0 aromatic heterocycles. The van der Waals surface area contributed by atoms with Crippen molar-refractivity contribution in [3.63, 3.8) is 0 Å². The van der Waals surface area contributed by atoms with Gasteiger partial charge in [0.05, 0.1) is 22.2 Å². The summed E-state index contributed by atoms with van der Waals surface area (Å²) in [6.45, 7) is 3.93. The van der Waals surface area contributed by atoms with Crippen molar-refractivity contribution in [1.29, 1.82) is 5.26 Å². The number of nitrogens with one attached hydrogen (secondary N) is 1. The van der Waals surface area contributed by atoms with E-state index in [0.717, 1.165) is 35.8 Å². The number of nitriles is 1. The van der Waals surface area contributed by atoms with E-state index in [1.807, 2.05) is 43.0 Å². The summed E-state index contributed by atoms with van der Waals surface area (Å²) in [5.74, 6) is 2.23. The number of rotatable bonds is 4. The van der Waals surface area contributed by atoms with E-state index in [1.54, 1.807) is 0 Å². The van der Waals surface area contributed by atoms with Crippen LogP contribution in [0.3, 0.4) is 0 Å². The molecule has 0 unspecified atom stereocenters. The van der Waals surface area contributed by atoms with E-state index in [0.29, 0.717) is 11.3 Å². The molecule has 1 saturated heterocycles. The maximum atomic E-state index is 12.5. The Morgan fingerprint density at radius 2 is 1.80 bits per heavy atom. The highest BCUT2D eigenvalue weighted by atomic mass is 32.2.